The predicted molar refractivity (Wildman–Crippen MR) is 71.9 cm³/mol. The van der Waals surface area contributed by atoms with Crippen LogP contribution in [0.3, 0.4) is 0 Å². The first-order valence-electron chi connectivity index (χ1n) is 4.71. The van der Waals surface area contributed by atoms with Gasteiger partial charge in [-0.3, -0.25) is 0 Å². The maximum Gasteiger partial charge on any atom is 0.138 e. The molecular weight excluding hydrogens is 240 g/mol. The molecule has 0 heterocycles. The Bertz CT molecular complexity index is 384. The molecule has 0 aliphatic rings. The Labute approximate surface area is 105 Å². The summed E-state index contributed by atoms with van der Waals surface area (Å²) in [5, 5.41) is 11.5. The van der Waals surface area contributed by atoms with Gasteiger partial charge in [0.1, 0.15) is 10.1 Å². The molecule has 1 aromatic carbocycles. The molecule has 1 rings (SSSR count). The van der Waals surface area contributed by atoms with Crippen LogP contribution in [0.4, 0.5) is 5.69 Å². The van der Waals surface area contributed by atoms with E-state index in [9.17, 15) is 0 Å². The molecule has 0 aliphatic carbocycles. The third-order valence-electron chi connectivity index (χ3n) is 1.78. The minimum atomic E-state index is 0.509. The Morgan fingerprint density at radius 1 is 1.50 bits per heavy atom. The standard InChI is InChI=1S/C11H12N2OS2/c1-14-10-5-3-9(4-6-10)13-11(15)16-8-2-7-12/h3-6H,2,8H2,1H3,(H,13,15). The highest BCUT2D eigenvalue weighted by Gasteiger charge is 1.99. The number of benzene rings is 1. The lowest BCUT2D eigenvalue weighted by molar-refractivity contribution is 0.415. The smallest absolute Gasteiger partial charge is 0.138 e. The number of hydrogen-bond acceptors (Lipinski definition) is 4. The van der Waals surface area contributed by atoms with Crippen LogP contribution in [0, 0.1) is 11.3 Å². The summed E-state index contributed by atoms with van der Waals surface area (Å²) in [6.07, 6.45) is 0.509. The van der Waals surface area contributed by atoms with E-state index in [1.807, 2.05) is 24.3 Å². The topological polar surface area (TPSA) is 45.0 Å². The largest absolute Gasteiger partial charge is 0.497 e. The fraction of sp³-hybridized carbons (Fsp3) is 0.273. The number of methoxy groups -OCH3 is 1. The SMILES string of the molecule is COc1ccc(NC(=S)SCCC#N)cc1. The van der Waals surface area contributed by atoms with Crippen LogP contribution in [0.2, 0.25) is 0 Å². The summed E-state index contributed by atoms with van der Waals surface area (Å²) in [5.41, 5.74) is 0.926. The molecule has 0 spiro atoms. The normalized spacial score (nSPS) is 9.25. The summed E-state index contributed by atoms with van der Waals surface area (Å²) in [7, 11) is 1.63. The van der Waals surface area contributed by atoms with Crippen molar-refractivity contribution in [1.82, 2.24) is 0 Å². The van der Waals surface area contributed by atoms with Crippen molar-refractivity contribution < 1.29 is 4.74 Å². The van der Waals surface area contributed by atoms with E-state index in [1.165, 1.54) is 11.8 Å². The van der Waals surface area contributed by atoms with Crippen LogP contribution in [0.5, 0.6) is 5.75 Å². The van der Waals surface area contributed by atoms with Gasteiger partial charge in [0.15, 0.2) is 0 Å². The fourth-order valence-electron chi connectivity index (χ4n) is 1.02. The zero-order chi connectivity index (χ0) is 11.8. The lowest BCUT2D eigenvalue weighted by atomic mass is 10.3. The minimum absolute atomic E-state index is 0.509. The second kappa shape index (κ2) is 7.09. The number of thioether (sulfide) groups is 1. The molecule has 84 valence electrons. The molecule has 0 aliphatic heterocycles. The van der Waals surface area contributed by atoms with Crippen molar-refractivity contribution in [1.29, 1.82) is 5.26 Å². The van der Waals surface area contributed by atoms with Gasteiger partial charge < -0.3 is 10.1 Å². The Morgan fingerprint density at radius 2 is 2.19 bits per heavy atom. The molecule has 1 aromatic rings. The van der Waals surface area contributed by atoms with Gasteiger partial charge in [-0.25, -0.2) is 0 Å². The van der Waals surface area contributed by atoms with E-state index >= 15 is 0 Å². The van der Waals surface area contributed by atoms with Gasteiger partial charge in [0.05, 0.1) is 13.2 Å². The summed E-state index contributed by atoms with van der Waals surface area (Å²) < 4.78 is 5.73. The first-order valence-corrected chi connectivity index (χ1v) is 6.10. The fourth-order valence-corrected chi connectivity index (χ4v) is 1.95. The van der Waals surface area contributed by atoms with Crippen molar-refractivity contribution in [3.63, 3.8) is 0 Å². The summed E-state index contributed by atoms with van der Waals surface area (Å²) in [6, 6.07) is 9.61. The number of anilines is 1. The monoisotopic (exact) mass is 252 g/mol. The maximum absolute atomic E-state index is 8.39. The van der Waals surface area contributed by atoms with E-state index in [2.05, 4.69) is 11.4 Å². The molecule has 0 radical (unpaired) electrons. The Morgan fingerprint density at radius 3 is 2.75 bits per heavy atom. The van der Waals surface area contributed by atoms with Gasteiger partial charge in [0.2, 0.25) is 0 Å². The molecule has 0 atom stereocenters. The number of nitriles is 1. The highest BCUT2D eigenvalue weighted by atomic mass is 32.2. The van der Waals surface area contributed by atoms with Crippen LogP contribution in [-0.2, 0) is 0 Å². The molecule has 3 nitrogen and oxygen atoms in total. The van der Waals surface area contributed by atoms with Crippen LogP contribution in [0.15, 0.2) is 24.3 Å². The number of thiocarbonyl (C=S) groups is 1. The second-order valence-corrected chi connectivity index (χ2v) is 4.67. The maximum atomic E-state index is 8.39. The van der Waals surface area contributed by atoms with Crippen LogP contribution >= 0.6 is 24.0 Å². The first-order chi connectivity index (χ1) is 7.76. The lowest BCUT2D eigenvalue weighted by Crippen LogP contribution is -2.04. The van der Waals surface area contributed by atoms with Gasteiger partial charge in [0, 0.05) is 17.9 Å². The third kappa shape index (κ3) is 4.51. The quantitative estimate of drug-likeness (QED) is 0.659. The number of rotatable bonds is 4. The molecule has 1 N–H and O–H groups in total. The van der Waals surface area contributed by atoms with E-state index < -0.39 is 0 Å². The predicted octanol–water partition coefficient (Wildman–Crippen LogP) is 3.04. The van der Waals surface area contributed by atoms with E-state index in [1.54, 1.807) is 7.11 Å². The van der Waals surface area contributed by atoms with Crippen molar-refractivity contribution in [3.05, 3.63) is 24.3 Å². The number of nitrogens with one attached hydrogen (secondary N) is 1. The van der Waals surface area contributed by atoms with Crippen LogP contribution in [-0.4, -0.2) is 17.2 Å². The highest BCUT2D eigenvalue weighted by molar-refractivity contribution is 8.23. The van der Waals surface area contributed by atoms with E-state index in [0.717, 1.165) is 17.2 Å². The molecule has 0 amide bonds. The first kappa shape index (κ1) is 12.8. The van der Waals surface area contributed by atoms with Gasteiger partial charge in [-0.05, 0) is 24.3 Å². The Hall–Kier alpha value is -1.25. The summed E-state index contributed by atoms with van der Waals surface area (Å²) >= 11 is 6.59. The molecule has 16 heavy (non-hydrogen) atoms. The van der Waals surface area contributed by atoms with Crippen LogP contribution in [0.1, 0.15) is 6.42 Å². The van der Waals surface area contributed by atoms with E-state index in [0.29, 0.717) is 10.7 Å². The molecule has 0 fully saturated rings. The van der Waals surface area contributed by atoms with E-state index in [-0.39, 0.29) is 0 Å². The lowest BCUT2D eigenvalue weighted by Gasteiger charge is -2.07. The van der Waals surface area contributed by atoms with Gasteiger partial charge in [-0.1, -0.05) is 24.0 Å². The zero-order valence-corrected chi connectivity index (χ0v) is 10.5. The third-order valence-corrected chi connectivity index (χ3v) is 3.01. The van der Waals surface area contributed by atoms with Gasteiger partial charge in [-0.2, -0.15) is 5.26 Å². The zero-order valence-electron chi connectivity index (χ0n) is 8.90. The van der Waals surface area contributed by atoms with Crippen molar-refractivity contribution in [2.24, 2.45) is 0 Å². The summed E-state index contributed by atoms with van der Waals surface area (Å²) in [6.45, 7) is 0. The summed E-state index contributed by atoms with van der Waals surface area (Å²) in [5.74, 6) is 1.53. The molecule has 0 bridgehead atoms. The molecular formula is C11H12N2OS2. The average molecular weight is 252 g/mol. The molecule has 5 heteroatoms. The van der Waals surface area contributed by atoms with Crippen molar-refractivity contribution in [2.75, 3.05) is 18.2 Å². The minimum Gasteiger partial charge on any atom is -0.497 e. The number of ether oxygens (including phenoxy) is 1. The second-order valence-electron chi connectivity index (χ2n) is 2.90. The van der Waals surface area contributed by atoms with E-state index in [4.69, 9.17) is 22.2 Å². The molecule has 0 saturated carbocycles. The number of hydrogen-bond donors (Lipinski definition) is 1. The van der Waals surface area contributed by atoms with Crippen molar-refractivity contribution in [2.45, 2.75) is 6.42 Å². The Kier molecular flexibility index (Phi) is 5.68. The summed E-state index contributed by atoms with van der Waals surface area (Å²) in [4.78, 5) is 0. The van der Waals surface area contributed by atoms with Gasteiger partial charge in [-0.15, -0.1) is 0 Å². The Balaban J connectivity index is 2.41. The molecule has 0 aromatic heterocycles. The highest BCUT2D eigenvalue weighted by Crippen LogP contribution is 2.17. The van der Waals surface area contributed by atoms with Crippen molar-refractivity contribution in [3.8, 4) is 11.8 Å². The van der Waals surface area contributed by atoms with Crippen LogP contribution < -0.4 is 10.1 Å². The number of nitrogens with zero attached hydrogens (tertiary/aromatic N) is 1. The van der Waals surface area contributed by atoms with Crippen molar-refractivity contribution >= 4 is 34.0 Å². The molecule has 0 saturated heterocycles. The molecule has 0 unspecified atom stereocenters. The van der Waals surface area contributed by atoms with Gasteiger partial charge >= 0.3 is 0 Å². The average Bonchev–Trinajstić information content (AvgIpc) is 2.30. The van der Waals surface area contributed by atoms with Crippen LogP contribution in [0.25, 0.3) is 0 Å². The van der Waals surface area contributed by atoms with Gasteiger partial charge in [0.25, 0.3) is 0 Å².